The van der Waals surface area contributed by atoms with Gasteiger partial charge in [0.1, 0.15) is 18.0 Å². The highest BCUT2D eigenvalue weighted by molar-refractivity contribution is 6.32. The molecule has 1 amide bonds. The number of ketones is 1. The number of halogens is 2. The Hall–Kier alpha value is -3.88. The summed E-state index contributed by atoms with van der Waals surface area (Å²) in [5.41, 5.74) is 0.505. The summed E-state index contributed by atoms with van der Waals surface area (Å²) in [5, 5.41) is 3.59. The van der Waals surface area contributed by atoms with Crippen molar-refractivity contribution in [2.24, 2.45) is 0 Å². The Morgan fingerprint density at radius 1 is 1.00 bits per heavy atom. The molecule has 0 aliphatic rings. The van der Waals surface area contributed by atoms with E-state index < -0.39 is 17.1 Å². The highest BCUT2D eigenvalue weighted by atomic mass is 35.5. The van der Waals surface area contributed by atoms with Gasteiger partial charge in [-0.1, -0.05) is 23.2 Å². The van der Waals surface area contributed by atoms with E-state index in [0.29, 0.717) is 33.3 Å². The van der Waals surface area contributed by atoms with Crippen molar-refractivity contribution < 1.29 is 19.1 Å². The van der Waals surface area contributed by atoms with Crippen LogP contribution in [0.4, 0.5) is 5.69 Å². The lowest BCUT2D eigenvalue weighted by Gasteiger charge is -2.16. The summed E-state index contributed by atoms with van der Waals surface area (Å²) in [7, 11) is 2.92. The van der Waals surface area contributed by atoms with Crippen LogP contribution < -0.4 is 20.2 Å². The number of anilines is 1. The zero-order chi connectivity index (χ0) is 25.1. The van der Waals surface area contributed by atoms with E-state index in [1.165, 1.54) is 61.6 Å². The lowest BCUT2D eigenvalue weighted by atomic mass is 10.0. The number of pyridine rings is 2. The molecule has 8 nitrogen and oxygen atoms in total. The molecule has 0 saturated carbocycles. The Labute approximate surface area is 210 Å². The Balaban J connectivity index is 1.74. The van der Waals surface area contributed by atoms with Crippen molar-refractivity contribution in [3.05, 3.63) is 92.5 Å². The van der Waals surface area contributed by atoms with E-state index in [9.17, 15) is 14.4 Å². The molecule has 0 aliphatic heterocycles. The number of hydrogen-bond donors (Lipinski definition) is 1. The van der Waals surface area contributed by atoms with Gasteiger partial charge in [-0.15, -0.1) is 0 Å². The minimum atomic E-state index is -0.489. The van der Waals surface area contributed by atoms with E-state index in [1.54, 1.807) is 18.2 Å². The molecule has 2 heterocycles. The molecule has 1 N–H and O–H groups in total. The predicted octanol–water partition coefficient (Wildman–Crippen LogP) is 4.59. The molecule has 178 valence electrons. The summed E-state index contributed by atoms with van der Waals surface area (Å²) in [6, 6.07) is 10.8. The first-order valence-corrected chi connectivity index (χ1v) is 11.1. The molecule has 10 heteroatoms. The molecule has 0 radical (unpaired) electrons. The summed E-state index contributed by atoms with van der Waals surface area (Å²) < 4.78 is 12.0. The molecule has 0 saturated heterocycles. The number of amides is 1. The van der Waals surface area contributed by atoms with Crippen LogP contribution in [-0.2, 0) is 11.3 Å². The molecule has 0 aliphatic carbocycles. The van der Waals surface area contributed by atoms with Gasteiger partial charge in [0.25, 0.3) is 0 Å². The van der Waals surface area contributed by atoms with Crippen LogP contribution in [0.5, 0.6) is 11.5 Å². The molecule has 0 spiro atoms. The van der Waals surface area contributed by atoms with E-state index in [2.05, 4.69) is 10.3 Å². The molecule has 2 aromatic carbocycles. The molecule has 0 unspecified atom stereocenters. The van der Waals surface area contributed by atoms with Crippen LogP contribution in [0.3, 0.4) is 0 Å². The van der Waals surface area contributed by atoms with Gasteiger partial charge in [0.15, 0.2) is 5.78 Å². The Morgan fingerprint density at radius 2 is 1.71 bits per heavy atom. The van der Waals surface area contributed by atoms with Gasteiger partial charge in [-0.25, -0.2) is 0 Å². The Bertz CT molecular complexity index is 1500. The molecule has 2 aromatic heterocycles. The molecular weight excluding hydrogens is 493 g/mol. The van der Waals surface area contributed by atoms with E-state index in [-0.39, 0.29) is 22.5 Å². The number of nitrogens with zero attached hydrogens (tertiary/aromatic N) is 2. The van der Waals surface area contributed by atoms with Gasteiger partial charge in [0.05, 0.1) is 36.0 Å². The smallest absolute Gasteiger partial charge is 0.244 e. The molecular formula is C25H19Cl2N3O5. The van der Waals surface area contributed by atoms with Crippen molar-refractivity contribution >= 4 is 51.5 Å². The fourth-order valence-electron chi connectivity index (χ4n) is 3.62. The van der Waals surface area contributed by atoms with Crippen LogP contribution in [0.1, 0.15) is 15.9 Å². The molecule has 0 bridgehead atoms. The molecule has 0 fully saturated rings. The summed E-state index contributed by atoms with van der Waals surface area (Å²) in [5.74, 6) is -0.183. The van der Waals surface area contributed by atoms with Crippen molar-refractivity contribution in [2.75, 3.05) is 19.5 Å². The third-order valence-electron chi connectivity index (χ3n) is 5.29. The lowest BCUT2D eigenvalue weighted by molar-refractivity contribution is -0.116. The first-order chi connectivity index (χ1) is 16.8. The minimum Gasteiger partial charge on any atom is -0.495 e. The van der Waals surface area contributed by atoms with Gasteiger partial charge in [-0.3, -0.25) is 19.4 Å². The van der Waals surface area contributed by atoms with E-state index >= 15 is 0 Å². The third kappa shape index (κ3) is 4.99. The van der Waals surface area contributed by atoms with Gasteiger partial charge < -0.3 is 19.4 Å². The number of benzene rings is 2. The van der Waals surface area contributed by atoms with Crippen molar-refractivity contribution in [1.29, 1.82) is 0 Å². The summed E-state index contributed by atoms with van der Waals surface area (Å²) in [4.78, 5) is 43.1. The van der Waals surface area contributed by atoms with Gasteiger partial charge in [0.2, 0.25) is 11.3 Å². The molecule has 4 aromatic rings. The predicted molar refractivity (Wildman–Crippen MR) is 134 cm³/mol. The standard InChI is InChI=1S/C25H19Cl2N3O5/c1-34-21-11-22(35-2)19(10-18(21)27)29-23(31)13-30-12-17(24(32)14-5-7-28-8-6-14)25(33)16-9-15(26)3-4-20(16)30/h3-12H,13H2,1-2H3,(H,29,31). The highest BCUT2D eigenvalue weighted by Gasteiger charge is 2.19. The zero-order valence-corrected chi connectivity index (χ0v) is 20.2. The molecule has 35 heavy (non-hydrogen) atoms. The van der Waals surface area contributed by atoms with Crippen LogP contribution in [0, 0.1) is 0 Å². The van der Waals surface area contributed by atoms with Crippen LogP contribution >= 0.6 is 23.2 Å². The number of hydrogen-bond acceptors (Lipinski definition) is 6. The third-order valence-corrected chi connectivity index (χ3v) is 5.82. The number of nitrogens with one attached hydrogen (secondary N) is 1. The number of ether oxygens (including phenoxy) is 2. The first-order valence-electron chi connectivity index (χ1n) is 10.3. The van der Waals surface area contributed by atoms with Crippen LogP contribution in [0.2, 0.25) is 10.0 Å². The monoisotopic (exact) mass is 511 g/mol. The largest absolute Gasteiger partial charge is 0.495 e. The average molecular weight is 512 g/mol. The summed E-state index contributed by atoms with van der Waals surface area (Å²) >= 11 is 12.3. The second-order valence-electron chi connectivity index (χ2n) is 7.46. The molecule has 4 rings (SSSR count). The fraction of sp³-hybridized carbons (Fsp3) is 0.120. The maximum atomic E-state index is 13.2. The number of carbonyl (C=O) groups is 2. The van der Waals surface area contributed by atoms with Crippen LogP contribution in [-0.4, -0.2) is 35.5 Å². The number of methoxy groups -OCH3 is 2. The maximum absolute atomic E-state index is 13.2. The van der Waals surface area contributed by atoms with Gasteiger partial charge in [0, 0.05) is 40.6 Å². The second kappa shape index (κ2) is 10.2. The van der Waals surface area contributed by atoms with Gasteiger partial charge >= 0.3 is 0 Å². The highest BCUT2D eigenvalue weighted by Crippen LogP contribution is 2.36. The van der Waals surface area contributed by atoms with Crippen molar-refractivity contribution in [3.8, 4) is 11.5 Å². The Kier molecular flexibility index (Phi) is 7.04. The number of fused-ring (bicyclic) bond motifs is 1. The first kappa shape index (κ1) is 24.3. The maximum Gasteiger partial charge on any atom is 0.244 e. The minimum absolute atomic E-state index is 0.0937. The summed E-state index contributed by atoms with van der Waals surface area (Å²) in [6.07, 6.45) is 4.30. The number of rotatable bonds is 7. The summed E-state index contributed by atoms with van der Waals surface area (Å²) in [6.45, 7) is -0.207. The van der Waals surface area contributed by atoms with Crippen molar-refractivity contribution in [3.63, 3.8) is 0 Å². The average Bonchev–Trinajstić information content (AvgIpc) is 2.86. The van der Waals surface area contributed by atoms with Crippen molar-refractivity contribution in [1.82, 2.24) is 9.55 Å². The zero-order valence-electron chi connectivity index (χ0n) is 18.7. The fourth-order valence-corrected chi connectivity index (χ4v) is 4.04. The molecule has 0 atom stereocenters. The SMILES string of the molecule is COc1cc(OC)c(NC(=O)Cn2cc(C(=O)c3ccncc3)c(=O)c3cc(Cl)ccc32)cc1Cl. The Morgan fingerprint density at radius 3 is 2.40 bits per heavy atom. The number of carbonyl (C=O) groups excluding carboxylic acids is 2. The van der Waals surface area contributed by atoms with E-state index in [1.807, 2.05) is 0 Å². The number of aromatic nitrogens is 2. The van der Waals surface area contributed by atoms with Gasteiger partial charge in [-0.05, 0) is 36.4 Å². The lowest BCUT2D eigenvalue weighted by Crippen LogP contribution is -2.24. The topological polar surface area (TPSA) is 99.5 Å². The van der Waals surface area contributed by atoms with E-state index in [0.717, 1.165) is 0 Å². The van der Waals surface area contributed by atoms with E-state index in [4.69, 9.17) is 32.7 Å². The second-order valence-corrected chi connectivity index (χ2v) is 8.31. The normalized spacial score (nSPS) is 10.7. The quantitative estimate of drug-likeness (QED) is 0.364. The van der Waals surface area contributed by atoms with Gasteiger partial charge in [-0.2, -0.15) is 0 Å². The van der Waals surface area contributed by atoms with Crippen molar-refractivity contribution in [2.45, 2.75) is 6.54 Å². The van der Waals surface area contributed by atoms with Crippen LogP contribution in [0.15, 0.2) is 65.8 Å². The van der Waals surface area contributed by atoms with Crippen LogP contribution in [0.25, 0.3) is 10.9 Å².